The van der Waals surface area contributed by atoms with Crippen molar-refractivity contribution in [1.82, 2.24) is 4.31 Å². The van der Waals surface area contributed by atoms with Crippen LogP contribution in [0.15, 0.2) is 48.5 Å². The maximum Gasteiger partial charge on any atom is 0.235 e. The molecule has 0 saturated carbocycles. The van der Waals surface area contributed by atoms with Crippen molar-refractivity contribution in [3.05, 3.63) is 59.7 Å². The molecule has 0 radical (unpaired) electrons. The second-order valence-corrected chi connectivity index (χ2v) is 10.4. The van der Waals surface area contributed by atoms with E-state index in [0.717, 1.165) is 22.5 Å². The summed E-state index contributed by atoms with van der Waals surface area (Å²) in [5, 5.41) is 3.10. The molecule has 2 aromatic carbocycles. The van der Waals surface area contributed by atoms with Crippen molar-refractivity contribution in [2.45, 2.75) is 32.1 Å². The van der Waals surface area contributed by atoms with Crippen molar-refractivity contribution in [2.24, 2.45) is 0 Å². The van der Waals surface area contributed by atoms with E-state index in [4.69, 9.17) is 0 Å². The van der Waals surface area contributed by atoms with E-state index in [-0.39, 0.29) is 11.7 Å². The molecular weight excluding hydrogens is 398 g/mol. The van der Waals surface area contributed by atoms with E-state index in [1.54, 1.807) is 6.92 Å². The van der Waals surface area contributed by atoms with Gasteiger partial charge in [-0.05, 0) is 56.0 Å². The lowest BCUT2D eigenvalue weighted by molar-refractivity contribution is -0.123. The van der Waals surface area contributed by atoms with Crippen molar-refractivity contribution in [1.29, 1.82) is 0 Å². The van der Waals surface area contributed by atoms with Crippen molar-refractivity contribution >= 4 is 27.3 Å². The van der Waals surface area contributed by atoms with E-state index in [2.05, 4.69) is 5.32 Å². The quantitative estimate of drug-likeness (QED) is 0.764. The second kappa shape index (κ2) is 8.78. The molecule has 1 amide bonds. The summed E-state index contributed by atoms with van der Waals surface area (Å²) in [7, 11) is 0.719. The minimum absolute atomic E-state index is 0.0784. The Hall–Kier alpha value is -2.38. The summed E-state index contributed by atoms with van der Waals surface area (Å²) in [4.78, 5) is 15.6. The first-order valence-electron chi connectivity index (χ1n) is 10.3. The van der Waals surface area contributed by atoms with Crippen LogP contribution in [0.25, 0.3) is 0 Å². The fourth-order valence-electron chi connectivity index (χ4n) is 4.22. The summed E-state index contributed by atoms with van der Waals surface area (Å²) in [5.74, 6) is -0.00562. The molecule has 1 saturated heterocycles. The van der Waals surface area contributed by atoms with Crippen LogP contribution >= 0.6 is 0 Å². The summed E-state index contributed by atoms with van der Waals surface area (Å²) in [6.07, 6.45) is 0.910. The molecule has 1 heterocycles. The summed E-state index contributed by atoms with van der Waals surface area (Å²) in [6, 6.07) is 15.6. The summed E-state index contributed by atoms with van der Waals surface area (Å²) < 4.78 is 26.1. The average molecular weight is 430 g/mol. The first-order valence-corrected chi connectivity index (χ1v) is 11.9. The number of carbonyl (C=O) groups is 1. The van der Waals surface area contributed by atoms with Crippen LogP contribution in [0.5, 0.6) is 0 Å². The van der Waals surface area contributed by atoms with Crippen LogP contribution in [0.2, 0.25) is 0 Å². The average Bonchev–Trinajstić information content (AvgIpc) is 2.74. The molecule has 162 valence electrons. The highest BCUT2D eigenvalue weighted by Gasteiger charge is 2.44. The molecule has 1 N–H and O–H groups in total. The van der Waals surface area contributed by atoms with E-state index in [9.17, 15) is 13.2 Å². The fourth-order valence-corrected chi connectivity index (χ4v) is 5.32. The van der Waals surface area contributed by atoms with Gasteiger partial charge in [0, 0.05) is 38.6 Å². The van der Waals surface area contributed by atoms with Crippen molar-refractivity contribution in [3.8, 4) is 0 Å². The highest BCUT2D eigenvalue weighted by atomic mass is 32.2. The minimum Gasteiger partial charge on any atom is -0.377 e. The van der Waals surface area contributed by atoms with Crippen LogP contribution < -0.4 is 10.2 Å². The highest BCUT2D eigenvalue weighted by molar-refractivity contribution is 7.89. The number of hydrogen-bond acceptors (Lipinski definition) is 4. The zero-order valence-electron chi connectivity index (χ0n) is 18.2. The summed E-state index contributed by atoms with van der Waals surface area (Å²) in [6.45, 7) is 4.36. The smallest absolute Gasteiger partial charge is 0.235 e. The first-order chi connectivity index (χ1) is 14.2. The third-order valence-corrected chi connectivity index (χ3v) is 7.91. The molecule has 7 heteroatoms. The van der Waals surface area contributed by atoms with Crippen molar-refractivity contribution in [3.63, 3.8) is 0 Å². The molecule has 1 aliphatic heterocycles. The monoisotopic (exact) mass is 429 g/mol. The minimum atomic E-state index is -3.26. The Bertz CT molecular complexity index is 996. The van der Waals surface area contributed by atoms with E-state index in [1.807, 2.05) is 74.4 Å². The Morgan fingerprint density at radius 2 is 1.73 bits per heavy atom. The number of piperidine rings is 1. The van der Waals surface area contributed by atoms with Crippen molar-refractivity contribution in [2.75, 3.05) is 43.2 Å². The largest absolute Gasteiger partial charge is 0.377 e. The number of benzene rings is 2. The fraction of sp³-hybridized carbons (Fsp3) is 0.435. The molecule has 0 aromatic heterocycles. The SMILES string of the molecule is CCS(=O)(=O)N1CCC(C(=O)Nc2ccc(N(C)C)c(C)c2)(c2ccccc2)CC1. The zero-order chi connectivity index (χ0) is 21.9. The molecule has 0 unspecified atom stereocenters. The van der Waals surface area contributed by atoms with Gasteiger partial charge in [0.15, 0.2) is 0 Å². The van der Waals surface area contributed by atoms with Crippen LogP contribution in [0.1, 0.15) is 30.9 Å². The lowest BCUT2D eigenvalue weighted by Crippen LogP contribution is -2.51. The van der Waals surface area contributed by atoms with Gasteiger partial charge in [0.05, 0.1) is 11.2 Å². The zero-order valence-corrected chi connectivity index (χ0v) is 19.0. The highest BCUT2D eigenvalue weighted by Crippen LogP contribution is 2.38. The normalized spacial score (nSPS) is 16.8. The Balaban J connectivity index is 1.89. The number of carbonyl (C=O) groups excluding carboxylic acids is 1. The van der Waals surface area contributed by atoms with Gasteiger partial charge < -0.3 is 10.2 Å². The van der Waals surface area contributed by atoms with Gasteiger partial charge in [-0.1, -0.05) is 30.3 Å². The Kier molecular flexibility index (Phi) is 6.53. The van der Waals surface area contributed by atoms with Gasteiger partial charge in [0.25, 0.3) is 0 Å². The number of sulfonamides is 1. The van der Waals surface area contributed by atoms with E-state index >= 15 is 0 Å². The van der Waals surface area contributed by atoms with Gasteiger partial charge in [0.2, 0.25) is 15.9 Å². The maximum absolute atomic E-state index is 13.6. The van der Waals surface area contributed by atoms with Gasteiger partial charge in [-0.25, -0.2) is 12.7 Å². The van der Waals surface area contributed by atoms with Crippen LogP contribution in [-0.4, -0.2) is 51.6 Å². The van der Waals surface area contributed by atoms with Gasteiger partial charge in [0.1, 0.15) is 0 Å². The molecule has 6 nitrogen and oxygen atoms in total. The predicted octanol–water partition coefficient (Wildman–Crippen LogP) is 3.38. The van der Waals surface area contributed by atoms with E-state index in [1.165, 1.54) is 4.31 Å². The second-order valence-electron chi connectivity index (χ2n) is 8.10. The molecule has 0 atom stereocenters. The van der Waals surface area contributed by atoms with Crippen LogP contribution in [0.3, 0.4) is 0 Å². The van der Waals surface area contributed by atoms with Crippen LogP contribution in [0, 0.1) is 6.92 Å². The number of nitrogens with zero attached hydrogens (tertiary/aromatic N) is 2. The molecule has 1 fully saturated rings. The topological polar surface area (TPSA) is 69.7 Å². The van der Waals surface area contributed by atoms with Gasteiger partial charge >= 0.3 is 0 Å². The van der Waals surface area contributed by atoms with Gasteiger partial charge in [-0.15, -0.1) is 0 Å². The predicted molar refractivity (Wildman–Crippen MR) is 123 cm³/mol. The molecule has 30 heavy (non-hydrogen) atoms. The first kappa shape index (κ1) is 22.3. The van der Waals surface area contributed by atoms with Gasteiger partial charge in [-0.3, -0.25) is 4.79 Å². The number of hydrogen-bond donors (Lipinski definition) is 1. The molecule has 3 rings (SSSR count). The molecule has 2 aromatic rings. The van der Waals surface area contributed by atoms with Crippen LogP contribution in [-0.2, 0) is 20.2 Å². The Morgan fingerprint density at radius 3 is 2.27 bits per heavy atom. The Labute approximate surface area is 179 Å². The lowest BCUT2D eigenvalue weighted by Gasteiger charge is -2.40. The number of rotatable bonds is 6. The van der Waals surface area contributed by atoms with Crippen LogP contribution in [0.4, 0.5) is 11.4 Å². The summed E-state index contributed by atoms with van der Waals surface area (Å²) in [5.41, 5.74) is 3.11. The number of anilines is 2. The molecular formula is C23H31N3O3S. The molecule has 0 aliphatic carbocycles. The maximum atomic E-state index is 13.6. The Morgan fingerprint density at radius 1 is 1.10 bits per heavy atom. The molecule has 1 aliphatic rings. The summed E-state index contributed by atoms with van der Waals surface area (Å²) >= 11 is 0. The van der Waals surface area contributed by atoms with E-state index in [0.29, 0.717) is 25.9 Å². The number of aryl methyl sites for hydroxylation is 1. The molecule has 0 spiro atoms. The van der Waals surface area contributed by atoms with Gasteiger partial charge in [-0.2, -0.15) is 0 Å². The number of nitrogens with one attached hydrogen (secondary N) is 1. The standard InChI is InChI=1S/C23H31N3O3S/c1-5-30(28,29)26-15-13-23(14-16-26,19-9-7-6-8-10-19)22(27)24-20-11-12-21(25(3)4)18(2)17-20/h6-12,17H,5,13-16H2,1-4H3,(H,24,27). The lowest BCUT2D eigenvalue weighted by atomic mass is 9.72. The molecule has 0 bridgehead atoms. The third kappa shape index (κ3) is 4.37. The number of amides is 1. The third-order valence-electron chi connectivity index (χ3n) is 6.03. The van der Waals surface area contributed by atoms with E-state index < -0.39 is 15.4 Å². The van der Waals surface area contributed by atoms with Crippen molar-refractivity contribution < 1.29 is 13.2 Å².